The standard InChI is InChI=1S/C13H14N6/c14-5-1-2-10-8-15-6-3-11(10)13-16-7-4-12-17-9-18-19(12)13/h3-4,6-9H,1-2,5,14H2. The molecule has 0 saturated heterocycles. The van der Waals surface area contributed by atoms with Gasteiger partial charge in [-0.25, -0.2) is 9.97 Å². The fourth-order valence-electron chi connectivity index (χ4n) is 2.08. The summed E-state index contributed by atoms with van der Waals surface area (Å²) in [5, 5.41) is 4.21. The summed E-state index contributed by atoms with van der Waals surface area (Å²) < 4.78 is 1.74. The average Bonchev–Trinajstić information content (AvgIpc) is 2.94. The van der Waals surface area contributed by atoms with Gasteiger partial charge in [0.15, 0.2) is 11.5 Å². The van der Waals surface area contributed by atoms with Crippen molar-refractivity contribution < 1.29 is 0 Å². The smallest absolute Gasteiger partial charge is 0.163 e. The number of rotatable bonds is 4. The van der Waals surface area contributed by atoms with E-state index in [1.54, 1.807) is 16.9 Å². The van der Waals surface area contributed by atoms with Crippen LogP contribution in [0.3, 0.4) is 0 Å². The summed E-state index contributed by atoms with van der Waals surface area (Å²) in [5.41, 5.74) is 8.51. The highest BCUT2D eigenvalue weighted by atomic mass is 15.3. The number of hydrogen-bond donors (Lipinski definition) is 1. The van der Waals surface area contributed by atoms with Gasteiger partial charge in [-0.15, -0.1) is 0 Å². The minimum Gasteiger partial charge on any atom is -0.330 e. The molecule has 0 radical (unpaired) electrons. The molecule has 3 aromatic rings. The Morgan fingerprint density at radius 2 is 2.11 bits per heavy atom. The van der Waals surface area contributed by atoms with E-state index in [1.807, 2.05) is 18.3 Å². The lowest BCUT2D eigenvalue weighted by Crippen LogP contribution is -2.04. The monoisotopic (exact) mass is 254 g/mol. The van der Waals surface area contributed by atoms with Crippen LogP contribution in [0.15, 0.2) is 37.1 Å². The Hall–Kier alpha value is -2.34. The Morgan fingerprint density at radius 3 is 3.00 bits per heavy atom. The van der Waals surface area contributed by atoms with Gasteiger partial charge in [0.05, 0.1) is 0 Å². The SMILES string of the molecule is NCCCc1cnccc1-c1nccc2ncnn12. The highest BCUT2D eigenvalue weighted by Gasteiger charge is 2.10. The molecule has 2 N–H and O–H groups in total. The predicted molar refractivity (Wildman–Crippen MR) is 71.4 cm³/mol. The van der Waals surface area contributed by atoms with E-state index in [-0.39, 0.29) is 0 Å². The molecule has 3 heterocycles. The maximum absolute atomic E-state index is 5.58. The number of nitrogens with zero attached hydrogens (tertiary/aromatic N) is 5. The summed E-state index contributed by atoms with van der Waals surface area (Å²) in [4.78, 5) is 12.8. The Kier molecular flexibility index (Phi) is 3.16. The molecule has 0 aliphatic rings. The van der Waals surface area contributed by atoms with Crippen molar-refractivity contribution >= 4 is 5.65 Å². The molecule has 0 fully saturated rings. The maximum atomic E-state index is 5.58. The molecule has 0 atom stereocenters. The van der Waals surface area contributed by atoms with Crippen LogP contribution in [0.25, 0.3) is 17.0 Å². The lowest BCUT2D eigenvalue weighted by Gasteiger charge is -2.08. The van der Waals surface area contributed by atoms with Gasteiger partial charge < -0.3 is 5.73 Å². The minimum absolute atomic E-state index is 0.662. The summed E-state index contributed by atoms with van der Waals surface area (Å²) in [6.07, 6.45) is 8.70. The highest BCUT2D eigenvalue weighted by Crippen LogP contribution is 2.21. The van der Waals surface area contributed by atoms with E-state index < -0.39 is 0 Å². The summed E-state index contributed by atoms with van der Waals surface area (Å²) in [5.74, 6) is 0.782. The van der Waals surface area contributed by atoms with Crippen molar-refractivity contribution in [2.45, 2.75) is 12.8 Å². The number of hydrogen-bond acceptors (Lipinski definition) is 5. The normalized spacial score (nSPS) is 11.0. The molecule has 0 amide bonds. The van der Waals surface area contributed by atoms with E-state index in [1.165, 1.54) is 6.33 Å². The predicted octanol–water partition coefficient (Wildman–Crippen LogP) is 1.08. The quantitative estimate of drug-likeness (QED) is 0.753. The molecule has 3 aromatic heterocycles. The van der Waals surface area contributed by atoms with Crippen LogP contribution in [0.1, 0.15) is 12.0 Å². The zero-order chi connectivity index (χ0) is 13.1. The molecule has 0 bridgehead atoms. The minimum atomic E-state index is 0.662. The topological polar surface area (TPSA) is 82.0 Å². The molecule has 6 nitrogen and oxygen atoms in total. The fourth-order valence-corrected chi connectivity index (χ4v) is 2.08. The molecule has 96 valence electrons. The van der Waals surface area contributed by atoms with Crippen LogP contribution in [0.5, 0.6) is 0 Å². The van der Waals surface area contributed by atoms with Crippen LogP contribution in [-0.2, 0) is 6.42 Å². The summed E-state index contributed by atoms with van der Waals surface area (Å²) in [7, 11) is 0. The first kappa shape index (κ1) is 11.7. The number of nitrogens with two attached hydrogens (primary N) is 1. The number of aryl methyl sites for hydroxylation is 1. The van der Waals surface area contributed by atoms with Crippen LogP contribution in [0, 0.1) is 0 Å². The van der Waals surface area contributed by atoms with Crippen LogP contribution in [0.2, 0.25) is 0 Å². The van der Waals surface area contributed by atoms with Gasteiger partial charge in [0.1, 0.15) is 6.33 Å². The highest BCUT2D eigenvalue weighted by molar-refractivity contribution is 5.61. The average molecular weight is 254 g/mol. The summed E-state index contributed by atoms with van der Waals surface area (Å²) >= 11 is 0. The first-order valence-corrected chi connectivity index (χ1v) is 6.18. The number of fused-ring (bicyclic) bond motifs is 1. The second-order valence-corrected chi connectivity index (χ2v) is 4.22. The van der Waals surface area contributed by atoms with Crippen molar-refractivity contribution in [3.05, 3.63) is 42.6 Å². The van der Waals surface area contributed by atoms with E-state index in [0.29, 0.717) is 6.54 Å². The van der Waals surface area contributed by atoms with Crippen molar-refractivity contribution in [3.63, 3.8) is 0 Å². The van der Waals surface area contributed by atoms with Crippen molar-refractivity contribution in [2.75, 3.05) is 6.54 Å². The van der Waals surface area contributed by atoms with Crippen molar-refractivity contribution in [1.82, 2.24) is 24.6 Å². The molecule has 0 saturated carbocycles. The zero-order valence-electron chi connectivity index (χ0n) is 10.4. The first-order valence-electron chi connectivity index (χ1n) is 6.18. The van der Waals surface area contributed by atoms with Crippen LogP contribution >= 0.6 is 0 Å². The lowest BCUT2D eigenvalue weighted by molar-refractivity contribution is 0.826. The van der Waals surface area contributed by atoms with Gasteiger partial charge in [-0.05, 0) is 31.0 Å². The second kappa shape index (κ2) is 5.11. The molecule has 3 rings (SSSR count). The second-order valence-electron chi connectivity index (χ2n) is 4.22. The third-order valence-electron chi connectivity index (χ3n) is 2.99. The van der Waals surface area contributed by atoms with E-state index in [4.69, 9.17) is 5.73 Å². The molecule has 0 aliphatic heterocycles. The van der Waals surface area contributed by atoms with E-state index in [9.17, 15) is 0 Å². The molecule has 0 aliphatic carbocycles. The number of aromatic nitrogens is 5. The Bertz CT molecular complexity index is 690. The Balaban J connectivity index is 2.13. The van der Waals surface area contributed by atoms with Crippen LogP contribution in [0.4, 0.5) is 0 Å². The molecule has 0 aromatic carbocycles. The Morgan fingerprint density at radius 1 is 1.16 bits per heavy atom. The molecule has 6 heteroatoms. The third-order valence-corrected chi connectivity index (χ3v) is 2.99. The first-order chi connectivity index (χ1) is 9.40. The van der Waals surface area contributed by atoms with Gasteiger partial charge in [-0.1, -0.05) is 0 Å². The largest absolute Gasteiger partial charge is 0.330 e. The van der Waals surface area contributed by atoms with Crippen molar-refractivity contribution in [2.24, 2.45) is 5.73 Å². The summed E-state index contributed by atoms with van der Waals surface area (Å²) in [6.45, 7) is 0.662. The molecular weight excluding hydrogens is 240 g/mol. The van der Waals surface area contributed by atoms with E-state index >= 15 is 0 Å². The maximum Gasteiger partial charge on any atom is 0.163 e. The Labute approximate surface area is 110 Å². The van der Waals surface area contributed by atoms with Crippen molar-refractivity contribution in [1.29, 1.82) is 0 Å². The van der Waals surface area contributed by atoms with E-state index in [0.717, 1.165) is 35.4 Å². The lowest BCUT2D eigenvalue weighted by atomic mass is 10.1. The summed E-state index contributed by atoms with van der Waals surface area (Å²) in [6, 6.07) is 3.78. The van der Waals surface area contributed by atoms with Gasteiger partial charge >= 0.3 is 0 Å². The number of pyridine rings is 1. The van der Waals surface area contributed by atoms with Gasteiger partial charge in [-0.2, -0.15) is 9.61 Å². The molecule has 0 unspecified atom stereocenters. The molecule has 19 heavy (non-hydrogen) atoms. The van der Waals surface area contributed by atoms with E-state index in [2.05, 4.69) is 20.1 Å². The van der Waals surface area contributed by atoms with Crippen LogP contribution < -0.4 is 5.73 Å². The van der Waals surface area contributed by atoms with Crippen molar-refractivity contribution in [3.8, 4) is 11.4 Å². The van der Waals surface area contributed by atoms with Crippen LogP contribution in [-0.4, -0.2) is 31.1 Å². The third kappa shape index (κ3) is 2.17. The van der Waals surface area contributed by atoms with Gasteiger partial charge in [0.2, 0.25) is 0 Å². The fraction of sp³-hybridized carbons (Fsp3) is 0.231. The van der Waals surface area contributed by atoms with Gasteiger partial charge in [0.25, 0.3) is 0 Å². The molecular formula is C13H14N6. The molecule has 0 spiro atoms. The zero-order valence-corrected chi connectivity index (χ0v) is 10.4. The van der Waals surface area contributed by atoms with Gasteiger partial charge in [0, 0.05) is 30.2 Å². The van der Waals surface area contributed by atoms with Gasteiger partial charge in [-0.3, -0.25) is 4.98 Å².